The lowest BCUT2D eigenvalue weighted by Gasteiger charge is -2.51. The average Bonchev–Trinajstić information content (AvgIpc) is 3.25. The Morgan fingerprint density at radius 3 is 2.03 bits per heavy atom. The third kappa shape index (κ3) is 6.54. The van der Waals surface area contributed by atoms with E-state index in [9.17, 15) is 5.11 Å². The third-order valence-electron chi connectivity index (χ3n) is 10.9. The predicted molar refractivity (Wildman–Crippen MR) is 163 cm³/mol. The number of rotatable bonds is 17. The average molecular weight is 523 g/mol. The Morgan fingerprint density at radius 1 is 0.789 bits per heavy atom. The molecule has 0 spiro atoms. The SMILES string of the molecule is CCCCCCCCCCCCCCCC[C@]12CCC3=C(CCc4cc(OC)ccc43)[C@@H]1CC[C@@]2(O)CC. The van der Waals surface area contributed by atoms with Crippen LogP contribution >= 0.6 is 0 Å². The number of methoxy groups -OCH3 is 1. The van der Waals surface area contributed by atoms with Crippen LogP contribution < -0.4 is 4.74 Å². The molecule has 0 aromatic heterocycles. The summed E-state index contributed by atoms with van der Waals surface area (Å²) in [7, 11) is 1.77. The molecule has 0 unspecified atom stereocenters. The van der Waals surface area contributed by atoms with Crippen molar-refractivity contribution in [2.45, 2.75) is 161 Å². The maximum Gasteiger partial charge on any atom is 0.119 e. The van der Waals surface area contributed by atoms with Gasteiger partial charge in [0.25, 0.3) is 0 Å². The number of benzene rings is 1. The van der Waals surface area contributed by atoms with Gasteiger partial charge < -0.3 is 9.84 Å². The molecule has 0 saturated heterocycles. The van der Waals surface area contributed by atoms with Crippen molar-refractivity contribution in [1.29, 1.82) is 0 Å². The molecule has 3 aliphatic rings. The molecule has 3 atom stereocenters. The molecule has 0 radical (unpaired) electrons. The lowest BCUT2D eigenvalue weighted by atomic mass is 9.56. The first-order valence-corrected chi connectivity index (χ1v) is 16.7. The van der Waals surface area contributed by atoms with Gasteiger partial charge in [-0.25, -0.2) is 0 Å². The molecule has 4 rings (SSSR count). The van der Waals surface area contributed by atoms with Crippen molar-refractivity contribution in [2.75, 3.05) is 7.11 Å². The van der Waals surface area contributed by atoms with Crippen molar-refractivity contribution in [3.63, 3.8) is 0 Å². The second kappa shape index (κ2) is 14.4. The molecule has 0 aliphatic heterocycles. The molecule has 2 nitrogen and oxygen atoms in total. The zero-order valence-electron chi connectivity index (χ0n) is 25.2. The standard InChI is InChI=1S/C36H58O2/c1-4-6-7-8-9-10-11-12-13-14-15-16-17-18-25-35-26-23-32-31-22-20-30(38-3)28-29(31)19-21-33(32)34(35)24-27-36(35,37)5-2/h20,22,28,34,37H,4-19,21,23-27H2,1-3H3/t34-,35-,36-/m0/s1. The van der Waals surface area contributed by atoms with Gasteiger partial charge in [-0.3, -0.25) is 0 Å². The van der Waals surface area contributed by atoms with E-state index in [0.29, 0.717) is 5.92 Å². The monoisotopic (exact) mass is 522 g/mol. The normalized spacial score (nSPS) is 26.3. The van der Waals surface area contributed by atoms with E-state index >= 15 is 0 Å². The van der Waals surface area contributed by atoms with Crippen LogP contribution in [-0.4, -0.2) is 17.8 Å². The summed E-state index contributed by atoms with van der Waals surface area (Å²) in [5, 5.41) is 12.0. The fraction of sp³-hybridized carbons (Fsp3) is 0.778. The fourth-order valence-corrected chi connectivity index (χ4v) is 8.66. The van der Waals surface area contributed by atoms with E-state index in [1.54, 1.807) is 18.3 Å². The number of allylic oxidation sites excluding steroid dienone is 2. The molecule has 0 heterocycles. The van der Waals surface area contributed by atoms with E-state index in [4.69, 9.17) is 4.74 Å². The highest BCUT2D eigenvalue weighted by atomic mass is 16.5. The summed E-state index contributed by atoms with van der Waals surface area (Å²) in [5.41, 5.74) is 5.92. The molecular weight excluding hydrogens is 464 g/mol. The van der Waals surface area contributed by atoms with Crippen LogP contribution in [0.25, 0.3) is 5.57 Å². The molecule has 1 fully saturated rings. The Hall–Kier alpha value is -1.28. The highest BCUT2D eigenvalue weighted by Crippen LogP contribution is 2.65. The quantitative estimate of drug-likeness (QED) is 0.206. The van der Waals surface area contributed by atoms with Gasteiger partial charge in [0.1, 0.15) is 5.75 Å². The van der Waals surface area contributed by atoms with E-state index in [2.05, 4.69) is 32.0 Å². The van der Waals surface area contributed by atoms with Crippen molar-refractivity contribution in [3.8, 4) is 5.75 Å². The molecule has 0 bridgehead atoms. The zero-order valence-corrected chi connectivity index (χ0v) is 25.2. The van der Waals surface area contributed by atoms with E-state index < -0.39 is 5.60 Å². The van der Waals surface area contributed by atoms with E-state index in [1.807, 2.05) is 0 Å². The van der Waals surface area contributed by atoms with Crippen LogP contribution in [-0.2, 0) is 6.42 Å². The number of hydrogen-bond donors (Lipinski definition) is 1. The number of aryl methyl sites for hydroxylation is 1. The van der Waals surface area contributed by atoms with Gasteiger partial charge >= 0.3 is 0 Å². The van der Waals surface area contributed by atoms with Crippen LogP contribution in [0.2, 0.25) is 0 Å². The molecule has 0 amide bonds. The van der Waals surface area contributed by atoms with Gasteiger partial charge in [-0.1, -0.05) is 115 Å². The fourth-order valence-electron chi connectivity index (χ4n) is 8.66. The van der Waals surface area contributed by atoms with Gasteiger partial charge in [0.2, 0.25) is 0 Å². The maximum absolute atomic E-state index is 12.0. The largest absolute Gasteiger partial charge is 0.497 e. The van der Waals surface area contributed by atoms with E-state index in [0.717, 1.165) is 31.4 Å². The summed E-state index contributed by atoms with van der Waals surface area (Å²) in [4.78, 5) is 0. The van der Waals surface area contributed by atoms with E-state index in [-0.39, 0.29) is 5.41 Å². The minimum absolute atomic E-state index is 0.113. The molecule has 1 saturated carbocycles. The third-order valence-corrected chi connectivity index (χ3v) is 10.9. The van der Waals surface area contributed by atoms with Crippen molar-refractivity contribution in [3.05, 3.63) is 34.9 Å². The molecule has 1 aromatic carbocycles. The number of hydrogen-bond acceptors (Lipinski definition) is 2. The van der Waals surface area contributed by atoms with Crippen LogP contribution in [0.15, 0.2) is 23.8 Å². The number of ether oxygens (including phenoxy) is 1. The van der Waals surface area contributed by atoms with Crippen molar-refractivity contribution in [1.82, 2.24) is 0 Å². The molecule has 38 heavy (non-hydrogen) atoms. The molecule has 2 heteroatoms. The summed E-state index contributed by atoms with van der Waals surface area (Å²) in [6.45, 7) is 4.54. The Labute approximate surface area is 235 Å². The van der Waals surface area contributed by atoms with Crippen LogP contribution in [0, 0.1) is 11.3 Å². The van der Waals surface area contributed by atoms with Gasteiger partial charge in [0, 0.05) is 5.41 Å². The summed E-state index contributed by atoms with van der Waals surface area (Å²) in [5.74, 6) is 1.57. The highest BCUT2D eigenvalue weighted by Gasteiger charge is 2.60. The summed E-state index contributed by atoms with van der Waals surface area (Å²) < 4.78 is 5.51. The Balaban J connectivity index is 1.25. The Morgan fingerprint density at radius 2 is 1.42 bits per heavy atom. The van der Waals surface area contributed by atoms with Gasteiger partial charge in [-0.05, 0) is 86.1 Å². The second-order valence-corrected chi connectivity index (χ2v) is 13.0. The number of aliphatic hydroxyl groups is 1. The minimum atomic E-state index is -0.465. The lowest BCUT2D eigenvalue weighted by Crippen LogP contribution is -2.49. The van der Waals surface area contributed by atoms with Crippen LogP contribution in [0.4, 0.5) is 0 Å². The van der Waals surface area contributed by atoms with Gasteiger partial charge in [-0.15, -0.1) is 0 Å². The zero-order chi connectivity index (χ0) is 26.8. The first-order chi connectivity index (χ1) is 18.6. The molecule has 214 valence electrons. The Kier molecular flexibility index (Phi) is 11.2. The smallest absolute Gasteiger partial charge is 0.119 e. The summed E-state index contributed by atoms with van der Waals surface area (Å²) in [6.07, 6.45) is 28.7. The van der Waals surface area contributed by atoms with Gasteiger partial charge in [-0.2, -0.15) is 0 Å². The predicted octanol–water partition coefficient (Wildman–Crippen LogP) is 10.6. The van der Waals surface area contributed by atoms with Crippen LogP contribution in [0.5, 0.6) is 5.75 Å². The Bertz CT molecular complexity index is 901. The van der Waals surface area contributed by atoms with Gasteiger partial charge in [0.15, 0.2) is 0 Å². The maximum atomic E-state index is 12.0. The highest BCUT2D eigenvalue weighted by molar-refractivity contribution is 5.75. The number of fused-ring (bicyclic) bond motifs is 4. The first-order valence-electron chi connectivity index (χ1n) is 16.7. The van der Waals surface area contributed by atoms with E-state index in [1.165, 1.54) is 127 Å². The summed E-state index contributed by atoms with van der Waals surface area (Å²) in [6, 6.07) is 6.71. The minimum Gasteiger partial charge on any atom is -0.497 e. The summed E-state index contributed by atoms with van der Waals surface area (Å²) >= 11 is 0. The van der Waals surface area contributed by atoms with Crippen molar-refractivity contribution >= 4 is 5.57 Å². The van der Waals surface area contributed by atoms with Crippen LogP contribution in [0.3, 0.4) is 0 Å². The first kappa shape index (κ1) is 29.7. The lowest BCUT2D eigenvalue weighted by molar-refractivity contribution is -0.0896. The van der Waals surface area contributed by atoms with Crippen LogP contribution in [0.1, 0.15) is 160 Å². The van der Waals surface area contributed by atoms with Gasteiger partial charge in [0.05, 0.1) is 12.7 Å². The topological polar surface area (TPSA) is 29.5 Å². The molecule has 1 N–H and O–H groups in total. The van der Waals surface area contributed by atoms with Crippen molar-refractivity contribution < 1.29 is 9.84 Å². The molecule has 1 aromatic rings. The molecule has 3 aliphatic carbocycles. The molecular formula is C36H58O2. The number of unbranched alkanes of at least 4 members (excludes halogenated alkanes) is 13. The van der Waals surface area contributed by atoms with Crippen molar-refractivity contribution in [2.24, 2.45) is 11.3 Å². The second-order valence-electron chi connectivity index (χ2n) is 13.0.